The fraction of sp³-hybridized carbons (Fsp3) is 0.545. The number of nitrogens with zero attached hydrogens (tertiary/aromatic N) is 2. The van der Waals surface area contributed by atoms with Crippen molar-refractivity contribution in [1.29, 1.82) is 0 Å². The van der Waals surface area contributed by atoms with Crippen LogP contribution >= 0.6 is 11.6 Å². The van der Waals surface area contributed by atoms with Gasteiger partial charge in [-0.05, 0) is 13.0 Å². The predicted octanol–water partition coefficient (Wildman–Crippen LogP) is 1.21. The molecule has 1 amide bonds. The molecule has 1 fully saturated rings. The Morgan fingerprint density at radius 1 is 1.50 bits per heavy atom. The lowest BCUT2D eigenvalue weighted by molar-refractivity contribution is 0.0725. The van der Waals surface area contributed by atoms with Gasteiger partial charge in [-0.2, -0.15) is 0 Å². The third-order valence-corrected chi connectivity index (χ3v) is 3.03. The van der Waals surface area contributed by atoms with E-state index < -0.39 is 0 Å². The van der Waals surface area contributed by atoms with Crippen molar-refractivity contribution in [3.8, 4) is 0 Å². The molecule has 1 aromatic heterocycles. The Hall–Kier alpha value is -1.00. The zero-order chi connectivity index (χ0) is 11.5. The van der Waals surface area contributed by atoms with E-state index in [1.165, 1.54) is 0 Å². The molecule has 1 aromatic rings. The molecule has 0 aliphatic carbocycles. The standard InChI is InChI=1S/C11H16ClN3O/c1-2-14-8-9(12)7-10(14)11(16)15-5-3-13-4-6-15/h7-8,13H,2-6H2,1H3. The molecule has 0 bridgehead atoms. The molecular formula is C11H16ClN3O. The average Bonchev–Trinajstić information content (AvgIpc) is 2.70. The first-order chi connectivity index (χ1) is 7.72. The fourth-order valence-corrected chi connectivity index (χ4v) is 2.17. The van der Waals surface area contributed by atoms with Crippen LogP contribution in [0.2, 0.25) is 5.02 Å². The lowest BCUT2D eigenvalue weighted by atomic mass is 10.3. The third kappa shape index (κ3) is 2.23. The van der Waals surface area contributed by atoms with Crippen molar-refractivity contribution >= 4 is 17.5 Å². The molecule has 4 nitrogen and oxygen atoms in total. The molecular weight excluding hydrogens is 226 g/mol. The molecule has 1 aliphatic heterocycles. The van der Waals surface area contributed by atoms with E-state index in [0.29, 0.717) is 10.7 Å². The van der Waals surface area contributed by atoms with E-state index in [2.05, 4.69) is 5.32 Å². The number of aryl methyl sites for hydroxylation is 1. The van der Waals surface area contributed by atoms with Gasteiger partial charge in [-0.1, -0.05) is 11.6 Å². The minimum absolute atomic E-state index is 0.0789. The van der Waals surface area contributed by atoms with Crippen LogP contribution in [0.15, 0.2) is 12.3 Å². The zero-order valence-electron chi connectivity index (χ0n) is 9.37. The Kier molecular flexibility index (Phi) is 3.51. The van der Waals surface area contributed by atoms with Crippen molar-refractivity contribution in [3.63, 3.8) is 0 Å². The highest BCUT2D eigenvalue weighted by atomic mass is 35.5. The number of hydrogen-bond donors (Lipinski definition) is 1. The molecule has 0 aromatic carbocycles. The number of hydrogen-bond acceptors (Lipinski definition) is 2. The van der Waals surface area contributed by atoms with Crippen molar-refractivity contribution in [3.05, 3.63) is 23.0 Å². The molecule has 2 heterocycles. The highest BCUT2D eigenvalue weighted by molar-refractivity contribution is 6.31. The minimum atomic E-state index is 0.0789. The minimum Gasteiger partial charge on any atom is -0.342 e. The van der Waals surface area contributed by atoms with Crippen LogP contribution in [0.4, 0.5) is 0 Å². The van der Waals surface area contributed by atoms with Crippen LogP contribution in [0, 0.1) is 0 Å². The molecule has 0 saturated carbocycles. The van der Waals surface area contributed by atoms with Crippen molar-refractivity contribution in [1.82, 2.24) is 14.8 Å². The van der Waals surface area contributed by atoms with Gasteiger partial charge in [-0.3, -0.25) is 4.79 Å². The lowest BCUT2D eigenvalue weighted by Crippen LogP contribution is -2.46. The lowest BCUT2D eigenvalue weighted by Gasteiger charge is -2.27. The van der Waals surface area contributed by atoms with E-state index in [1.807, 2.05) is 16.4 Å². The Labute approximate surface area is 100 Å². The summed E-state index contributed by atoms with van der Waals surface area (Å²) in [7, 11) is 0. The van der Waals surface area contributed by atoms with Gasteiger partial charge in [0.05, 0.1) is 5.02 Å². The number of carbonyl (C=O) groups is 1. The summed E-state index contributed by atoms with van der Waals surface area (Å²) in [6, 6.07) is 1.75. The molecule has 1 saturated heterocycles. The predicted molar refractivity (Wildman–Crippen MR) is 63.9 cm³/mol. The molecule has 0 radical (unpaired) electrons. The van der Waals surface area contributed by atoms with Gasteiger partial charge in [0.15, 0.2) is 0 Å². The molecule has 1 N–H and O–H groups in total. The van der Waals surface area contributed by atoms with Gasteiger partial charge in [0, 0.05) is 38.9 Å². The maximum atomic E-state index is 12.2. The van der Waals surface area contributed by atoms with Gasteiger partial charge in [0.1, 0.15) is 5.69 Å². The van der Waals surface area contributed by atoms with Crippen molar-refractivity contribution in [2.45, 2.75) is 13.5 Å². The summed E-state index contributed by atoms with van der Waals surface area (Å²) in [4.78, 5) is 14.1. The molecule has 1 aliphatic rings. The van der Waals surface area contributed by atoms with Crippen LogP contribution in [0.1, 0.15) is 17.4 Å². The van der Waals surface area contributed by atoms with E-state index in [0.717, 1.165) is 32.7 Å². The van der Waals surface area contributed by atoms with Crippen molar-refractivity contribution in [2.24, 2.45) is 0 Å². The fourth-order valence-electron chi connectivity index (χ4n) is 1.95. The normalized spacial score (nSPS) is 16.5. The molecule has 2 rings (SSSR count). The maximum absolute atomic E-state index is 12.2. The molecule has 88 valence electrons. The summed E-state index contributed by atoms with van der Waals surface area (Å²) >= 11 is 5.92. The van der Waals surface area contributed by atoms with Crippen LogP contribution in [0.5, 0.6) is 0 Å². The smallest absolute Gasteiger partial charge is 0.270 e. The van der Waals surface area contributed by atoms with Crippen molar-refractivity contribution < 1.29 is 4.79 Å². The largest absolute Gasteiger partial charge is 0.342 e. The maximum Gasteiger partial charge on any atom is 0.270 e. The molecule has 16 heavy (non-hydrogen) atoms. The Bertz CT molecular complexity index is 383. The summed E-state index contributed by atoms with van der Waals surface area (Å²) in [6.45, 7) is 6.04. The number of rotatable bonds is 2. The van der Waals surface area contributed by atoms with Crippen LogP contribution in [0.25, 0.3) is 0 Å². The SMILES string of the molecule is CCn1cc(Cl)cc1C(=O)N1CCNCC1. The van der Waals surface area contributed by atoms with Crippen LogP contribution in [0.3, 0.4) is 0 Å². The number of halogens is 1. The Morgan fingerprint density at radius 3 is 2.81 bits per heavy atom. The molecule has 0 unspecified atom stereocenters. The summed E-state index contributed by atoms with van der Waals surface area (Å²) in [6.07, 6.45) is 1.80. The van der Waals surface area contributed by atoms with Gasteiger partial charge < -0.3 is 14.8 Å². The van der Waals surface area contributed by atoms with E-state index in [4.69, 9.17) is 11.6 Å². The van der Waals surface area contributed by atoms with Gasteiger partial charge >= 0.3 is 0 Å². The Balaban J connectivity index is 2.18. The molecule has 0 atom stereocenters. The number of piperazine rings is 1. The number of nitrogens with one attached hydrogen (secondary N) is 1. The number of carbonyl (C=O) groups excluding carboxylic acids is 1. The zero-order valence-corrected chi connectivity index (χ0v) is 10.1. The molecule has 5 heteroatoms. The van der Waals surface area contributed by atoms with Gasteiger partial charge in [0.2, 0.25) is 0 Å². The monoisotopic (exact) mass is 241 g/mol. The topological polar surface area (TPSA) is 37.3 Å². The first kappa shape index (κ1) is 11.5. The number of aromatic nitrogens is 1. The van der Waals surface area contributed by atoms with E-state index in [9.17, 15) is 4.79 Å². The molecule has 0 spiro atoms. The number of amides is 1. The summed E-state index contributed by atoms with van der Waals surface area (Å²) in [5, 5.41) is 3.85. The van der Waals surface area contributed by atoms with E-state index >= 15 is 0 Å². The first-order valence-electron chi connectivity index (χ1n) is 5.58. The summed E-state index contributed by atoms with van der Waals surface area (Å²) in [5.74, 6) is 0.0789. The highest BCUT2D eigenvalue weighted by Gasteiger charge is 2.20. The first-order valence-corrected chi connectivity index (χ1v) is 5.96. The van der Waals surface area contributed by atoms with Crippen LogP contribution in [-0.4, -0.2) is 41.6 Å². The van der Waals surface area contributed by atoms with Gasteiger partial charge in [-0.15, -0.1) is 0 Å². The second-order valence-electron chi connectivity index (χ2n) is 3.87. The second kappa shape index (κ2) is 4.89. The van der Waals surface area contributed by atoms with Gasteiger partial charge in [-0.25, -0.2) is 0 Å². The van der Waals surface area contributed by atoms with E-state index in [1.54, 1.807) is 12.3 Å². The summed E-state index contributed by atoms with van der Waals surface area (Å²) in [5.41, 5.74) is 0.689. The van der Waals surface area contributed by atoms with Crippen LogP contribution in [-0.2, 0) is 6.54 Å². The average molecular weight is 242 g/mol. The van der Waals surface area contributed by atoms with Crippen molar-refractivity contribution in [2.75, 3.05) is 26.2 Å². The van der Waals surface area contributed by atoms with Crippen LogP contribution < -0.4 is 5.32 Å². The summed E-state index contributed by atoms with van der Waals surface area (Å²) < 4.78 is 1.90. The van der Waals surface area contributed by atoms with Gasteiger partial charge in [0.25, 0.3) is 5.91 Å². The quantitative estimate of drug-likeness (QED) is 0.845. The van der Waals surface area contributed by atoms with E-state index in [-0.39, 0.29) is 5.91 Å². The Morgan fingerprint density at radius 2 is 2.19 bits per heavy atom. The third-order valence-electron chi connectivity index (χ3n) is 2.83. The highest BCUT2D eigenvalue weighted by Crippen LogP contribution is 2.16. The second-order valence-corrected chi connectivity index (χ2v) is 4.31.